The molecule has 76 valence electrons. The van der Waals surface area contributed by atoms with Crippen LogP contribution < -0.4 is 0 Å². The predicted octanol–water partition coefficient (Wildman–Crippen LogP) is 4.06. The van der Waals surface area contributed by atoms with Crippen molar-refractivity contribution in [3.8, 4) is 11.1 Å². The first kappa shape index (κ1) is 11.1. The number of nitrogens with zero attached hydrogens (tertiary/aromatic N) is 2. The molecular formula is C10H5Cl2IN2. The van der Waals surface area contributed by atoms with E-state index in [2.05, 4.69) is 32.6 Å². The third kappa shape index (κ3) is 2.41. The molecule has 0 bridgehead atoms. The average Bonchev–Trinajstić information content (AvgIpc) is 2.20. The van der Waals surface area contributed by atoms with Crippen molar-refractivity contribution in [1.82, 2.24) is 9.97 Å². The molecule has 0 radical (unpaired) electrons. The minimum absolute atomic E-state index is 0.371. The van der Waals surface area contributed by atoms with Crippen molar-refractivity contribution in [2.45, 2.75) is 0 Å². The van der Waals surface area contributed by atoms with Crippen LogP contribution in [-0.4, -0.2) is 9.97 Å². The smallest absolute Gasteiger partial charge is 0.141 e. The van der Waals surface area contributed by atoms with Gasteiger partial charge in [0.15, 0.2) is 0 Å². The lowest BCUT2D eigenvalue weighted by Gasteiger charge is -2.04. The standard InChI is InChI=1S/C10H5Cl2IN2/c11-9-8(10(12)15-5-14-9)6-1-3-7(13)4-2-6/h1-5H. The van der Waals surface area contributed by atoms with Crippen LogP contribution >= 0.6 is 45.8 Å². The molecule has 2 aromatic rings. The molecule has 0 spiro atoms. The van der Waals surface area contributed by atoms with Crippen LogP contribution in [0.3, 0.4) is 0 Å². The maximum atomic E-state index is 5.97. The summed E-state index contributed by atoms with van der Waals surface area (Å²) >= 11 is 14.2. The van der Waals surface area contributed by atoms with E-state index >= 15 is 0 Å². The summed E-state index contributed by atoms with van der Waals surface area (Å²) in [6.45, 7) is 0. The zero-order valence-electron chi connectivity index (χ0n) is 7.42. The van der Waals surface area contributed by atoms with E-state index in [9.17, 15) is 0 Å². The van der Waals surface area contributed by atoms with Gasteiger partial charge in [0.25, 0.3) is 0 Å². The lowest BCUT2D eigenvalue weighted by atomic mass is 10.1. The normalized spacial score (nSPS) is 10.3. The van der Waals surface area contributed by atoms with Gasteiger partial charge < -0.3 is 0 Å². The minimum atomic E-state index is 0.371. The molecule has 0 atom stereocenters. The molecule has 0 aliphatic rings. The van der Waals surface area contributed by atoms with Crippen LogP contribution in [0.4, 0.5) is 0 Å². The molecule has 0 saturated heterocycles. The molecule has 1 aromatic heterocycles. The van der Waals surface area contributed by atoms with Gasteiger partial charge in [-0.25, -0.2) is 9.97 Å². The second-order valence-corrected chi connectivity index (χ2v) is 4.80. The average molecular weight is 351 g/mol. The lowest BCUT2D eigenvalue weighted by molar-refractivity contribution is 1.17. The Balaban J connectivity index is 2.58. The van der Waals surface area contributed by atoms with Gasteiger partial charge >= 0.3 is 0 Å². The van der Waals surface area contributed by atoms with Crippen LogP contribution in [0.25, 0.3) is 11.1 Å². The molecule has 0 aliphatic carbocycles. The number of benzene rings is 1. The second-order valence-electron chi connectivity index (χ2n) is 2.84. The lowest BCUT2D eigenvalue weighted by Crippen LogP contribution is -1.88. The second kappa shape index (κ2) is 4.63. The summed E-state index contributed by atoms with van der Waals surface area (Å²) in [5.41, 5.74) is 1.60. The van der Waals surface area contributed by atoms with E-state index in [1.54, 1.807) is 0 Å². The fraction of sp³-hybridized carbons (Fsp3) is 0. The predicted molar refractivity (Wildman–Crippen MR) is 70.2 cm³/mol. The van der Waals surface area contributed by atoms with E-state index in [0.717, 1.165) is 9.13 Å². The summed E-state index contributed by atoms with van der Waals surface area (Å²) in [7, 11) is 0. The van der Waals surface area contributed by atoms with E-state index in [4.69, 9.17) is 23.2 Å². The number of hydrogen-bond acceptors (Lipinski definition) is 2. The monoisotopic (exact) mass is 350 g/mol. The summed E-state index contributed by atoms with van der Waals surface area (Å²) in [4.78, 5) is 7.81. The Labute approximate surface area is 111 Å². The number of hydrogen-bond donors (Lipinski definition) is 0. The van der Waals surface area contributed by atoms with Crippen LogP contribution in [0, 0.1) is 3.57 Å². The summed E-state index contributed by atoms with van der Waals surface area (Å²) < 4.78 is 1.15. The van der Waals surface area contributed by atoms with Gasteiger partial charge in [0, 0.05) is 3.57 Å². The van der Waals surface area contributed by atoms with Crippen molar-refractivity contribution in [3.05, 3.63) is 44.5 Å². The molecule has 15 heavy (non-hydrogen) atoms. The van der Waals surface area contributed by atoms with Crippen LogP contribution in [0.5, 0.6) is 0 Å². The van der Waals surface area contributed by atoms with Gasteiger partial charge in [-0.15, -0.1) is 0 Å². The zero-order chi connectivity index (χ0) is 10.8. The summed E-state index contributed by atoms with van der Waals surface area (Å²) in [6.07, 6.45) is 1.35. The molecule has 1 heterocycles. The molecule has 5 heteroatoms. The van der Waals surface area contributed by atoms with Crippen LogP contribution in [0.1, 0.15) is 0 Å². The summed E-state index contributed by atoms with van der Waals surface area (Å²) in [5.74, 6) is 0. The Morgan fingerprint density at radius 1 is 0.933 bits per heavy atom. The van der Waals surface area contributed by atoms with Gasteiger partial charge in [-0.3, -0.25) is 0 Å². The van der Waals surface area contributed by atoms with Crippen molar-refractivity contribution in [1.29, 1.82) is 0 Å². The van der Waals surface area contributed by atoms with Gasteiger partial charge in [-0.1, -0.05) is 35.3 Å². The summed E-state index contributed by atoms with van der Waals surface area (Å²) in [6, 6.07) is 7.85. The van der Waals surface area contributed by atoms with Gasteiger partial charge in [-0.05, 0) is 40.3 Å². The van der Waals surface area contributed by atoms with E-state index in [1.807, 2.05) is 24.3 Å². The molecule has 0 amide bonds. The fourth-order valence-electron chi connectivity index (χ4n) is 1.20. The summed E-state index contributed by atoms with van der Waals surface area (Å²) in [5, 5.41) is 0.743. The van der Waals surface area contributed by atoms with Crippen LogP contribution in [-0.2, 0) is 0 Å². The number of halogens is 3. The first-order chi connectivity index (χ1) is 7.18. The van der Waals surface area contributed by atoms with Crippen molar-refractivity contribution in [2.75, 3.05) is 0 Å². The maximum Gasteiger partial charge on any atom is 0.141 e. The fourth-order valence-corrected chi connectivity index (χ4v) is 2.09. The Morgan fingerprint density at radius 2 is 1.47 bits per heavy atom. The highest BCUT2D eigenvalue weighted by Crippen LogP contribution is 2.31. The SMILES string of the molecule is Clc1ncnc(Cl)c1-c1ccc(I)cc1. The van der Waals surface area contributed by atoms with Gasteiger partial charge in [0.05, 0.1) is 5.56 Å². The van der Waals surface area contributed by atoms with E-state index in [1.165, 1.54) is 6.33 Å². The highest BCUT2D eigenvalue weighted by Gasteiger charge is 2.09. The molecule has 0 N–H and O–H groups in total. The molecule has 0 fully saturated rings. The quantitative estimate of drug-likeness (QED) is 0.572. The van der Waals surface area contributed by atoms with E-state index in [-0.39, 0.29) is 0 Å². The first-order valence-electron chi connectivity index (χ1n) is 4.10. The molecule has 0 unspecified atom stereocenters. The Bertz CT molecular complexity index is 465. The van der Waals surface area contributed by atoms with Crippen molar-refractivity contribution in [2.24, 2.45) is 0 Å². The Morgan fingerprint density at radius 3 is 2.00 bits per heavy atom. The molecule has 1 aromatic carbocycles. The van der Waals surface area contributed by atoms with E-state index < -0.39 is 0 Å². The van der Waals surface area contributed by atoms with Gasteiger partial charge in [0.2, 0.25) is 0 Å². The van der Waals surface area contributed by atoms with Crippen molar-refractivity contribution in [3.63, 3.8) is 0 Å². The van der Waals surface area contributed by atoms with E-state index in [0.29, 0.717) is 15.9 Å². The highest BCUT2D eigenvalue weighted by molar-refractivity contribution is 14.1. The Hall–Kier alpha value is -0.390. The Kier molecular flexibility index (Phi) is 3.43. The third-order valence-corrected chi connectivity index (χ3v) is 3.18. The van der Waals surface area contributed by atoms with Gasteiger partial charge in [0.1, 0.15) is 16.6 Å². The van der Waals surface area contributed by atoms with Crippen LogP contribution in [0.2, 0.25) is 10.3 Å². The zero-order valence-corrected chi connectivity index (χ0v) is 11.1. The maximum absolute atomic E-state index is 5.97. The number of rotatable bonds is 1. The van der Waals surface area contributed by atoms with Crippen molar-refractivity contribution < 1.29 is 0 Å². The molecule has 0 saturated carbocycles. The molecule has 2 rings (SSSR count). The molecule has 0 aliphatic heterocycles. The molecule has 2 nitrogen and oxygen atoms in total. The number of aromatic nitrogens is 2. The highest BCUT2D eigenvalue weighted by atomic mass is 127. The van der Waals surface area contributed by atoms with Crippen molar-refractivity contribution >= 4 is 45.8 Å². The third-order valence-electron chi connectivity index (χ3n) is 1.89. The molecular weight excluding hydrogens is 346 g/mol. The first-order valence-corrected chi connectivity index (χ1v) is 5.94. The topological polar surface area (TPSA) is 25.8 Å². The van der Waals surface area contributed by atoms with Crippen LogP contribution in [0.15, 0.2) is 30.6 Å². The minimum Gasteiger partial charge on any atom is -0.224 e. The largest absolute Gasteiger partial charge is 0.224 e. The van der Waals surface area contributed by atoms with Gasteiger partial charge in [-0.2, -0.15) is 0 Å².